The van der Waals surface area contributed by atoms with Crippen LogP contribution in [0.1, 0.15) is 61.3 Å². The molecule has 1 atom stereocenters. The van der Waals surface area contributed by atoms with Crippen LogP contribution in [0.5, 0.6) is 11.5 Å². The van der Waals surface area contributed by atoms with Crippen molar-refractivity contribution in [3.8, 4) is 11.5 Å². The van der Waals surface area contributed by atoms with Gasteiger partial charge in [-0.25, -0.2) is 0 Å². The fourth-order valence-corrected chi connectivity index (χ4v) is 6.33. The van der Waals surface area contributed by atoms with E-state index in [1.165, 1.54) is 18.6 Å². The second-order valence-electron chi connectivity index (χ2n) is 11.5. The van der Waals surface area contributed by atoms with Crippen molar-refractivity contribution in [2.24, 2.45) is 5.92 Å². The molecule has 44 heavy (non-hydrogen) atoms. The molecule has 9 nitrogen and oxygen atoms in total. The molecule has 1 aromatic heterocycles. The number of benzene rings is 3. The lowest BCUT2D eigenvalue weighted by Crippen LogP contribution is -2.41. The van der Waals surface area contributed by atoms with Crippen LogP contribution in [0.3, 0.4) is 0 Å². The molecule has 1 unspecified atom stereocenters. The van der Waals surface area contributed by atoms with Gasteiger partial charge in [-0.05, 0) is 59.4 Å². The van der Waals surface area contributed by atoms with E-state index >= 15 is 0 Å². The third-order valence-corrected chi connectivity index (χ3v) is 8.68. The lowest BCUT2D eigenvalue weighted by molar-refractivity contribution is -0.384. The number of H-pyrrole nitrogens is 1. The highest BCUT2D eigenvalue weighted by atomic mass is 16.6. The Morgan fingerprint density at radius 3 is 2.41 bits per heavy atom. The van der Waals surface area contributed by atoms with E-state index in [2.05, 4.69) is 4.98 Å². The average Bonchev–Trinajstić information content (AvgIpc) is 3.45. The van der Waals surface area contributed by atoms with Gasteiger partial charge in [0.1, 0.15) is 6.04 Å². The van der Waals surface area contributed by atoms with Gasteiger partial charge in [0.2, 0.25) is 5.91 Å². The number of nitrogens with one attached hydrogen (secondary N) is 1. The van der Waals surface area contributed by atoms with Crippen molar-refractivity contribution in [1.29, 1.82) is 0 Å². The summed E-state index contributed by atoms with van der Waals surface area (Å²) in [6.45, 7) is 0.273. The van der Waals surface area contributed by atoms with Gasteiger partial charge in [0.05, 0.1) is 25.6 Å². The number of amides is 1. The van der Waals surface area contributed by atoms with Gasteiger partial charge < -0.3 is 19.4 Å². The second-order valence-corrected chi connectivity index (χ2v) is 11.5. The Bertz CT molecular complexity index is 1610. The zero-order valence-electron chi connectivity index (χ0n) is 25.3. The van der Waals surface area contributed by atoms with Gasteiger partial charge in [0.25, 0.3) is 5.69 Å². The number of carbonyl (C=O) groups is 2. The first-order valence-electron chi connectivity index (χ1n) is 15.2. The molecule has 0 aliphatic heterocycles. The summed E-state index contributed by atoms with van der Waals surface area (Å²) in [6.07, 6.45) is 8.16. The van der Waals surface area contributed by atoms with Gasteiger partial charge in [-0.15, -0.1) is 0 Å². The Morgan fingerprint density at radius 2 is 1.70 bits per heavy atom. The first-order valence-corrected chi connectivity index (χ1v) is 15.2. The first-order chi connectivity index (χ1) is 21.4. The standard InChI is InChI=1S/C35H39N3O6/c1-43-32-17-12-25(21-33(32)44-2)18-19-37(34(40)22-27-23-36-30-11-7-6-10-29(27)30)35(26-13-15-28(16-14-26)38(41)42)31(39)20-24-8-4-3-5-9-24/h6-7,10-17,21,23-24,35-36H,3-5,8-9,18-20,22H2,1-2H3. The molecule has 1 heterocycles. The maximum Gasteiger partial charge on any atom is 0.269 e. The van der Waals surface area contributed by atoms with E-state index in [-0.39, 0.29) is 36.3 Å². The van der Waals surface area contributed by atoms with E-state index in [0.717, 1.165) is 47.7 Å². The maximum absolute atomic E-state index is 14.3. The molecule has 0 bridgehead atoms. The zero-order valence-corrected chi connectivity index (χ0v) is 25.3. The van der Waals surface area contributed by atoms with Crippen LogP contribution in [0.2, 0.25) is 0 Å². The number of nitro groups is 1. The molecule has 1 aliphatic rings. The number of Topliss-reactive ketones (excluding diaryl/α,β-unsaturated/α-hetero) is 1. The van der Waals surface area contributed by atoms with Crippen LogP contribution < -0.4 is 9.47 Å². The highest BCUT2D eigenvalue weighted by Crippen LogP contribution is 2.33. The van der Waals surface area contributed by atoms with Crippen LogP contribution in [0.4, 0.5) is 5.69 Å². The predicted octanol–water partition coefficient (Wildman–Crippen LogP) is 6.99. The molecule has 0 radical (unpaired) electrons. The topological polar surface area (TPSA) is 115 Å². The Hall–Kier alpha value is -4.66. The molecule has 3 aromatic carbocycles. The smallest absolute Gasteiger partial charge is 0.269 e. The lowest BCUT2D eigenvalue weighted by Gasteiger charge is -2.33. The Kier molecular flexibility index (Phi) is 9.94. The number of carbonyl (C=O) groups excluding carboxylic acids is 2. The number of aromatic amines is 1. The van der Waals surface area contributed by atoms with E-state index in [1.807, 2.05) is 48.7 Å². The molecular weight excluding hydrogens is 558 g/mol. The zero-order chi connectivity index (χ0) is 31.1. The molecule has 9 heteroatoms. The van der Waals surface area contributed by atoms with E-state index < -0.39 is 11.0 Å². The summed E-state index contributed by atoms with van der Waals surface area (Å²) < 4.78 is 10.9. The monoisotopic (exact) mass is 597 g/mol. The molecular formula is C35H39N3O6. The van der Waals surface area contributed by atoms with Gasteiger partial charge in [-0.2, -0.15) is 0 Å². The molecule has 1 N–H and O–H groups in total. The van der Waals surface area contributed by atoms with Crippen LogP contribution >= 0.6 is 0 Å². The minimum absolute atomic E-state index is 0.0367. The van der Waals surface area contributed by atoms with E-state index in [0.29, 0.717) is 29.9 Å². The van der Waals surface area contributed by atoms with Crippen molar-refractivity contribution in [1.82, 2.24) is 9.88 Å². The minimum Gasteiger partial charge on any atom is -0.493 e. The van der Waals surface area contributed by atoms with Crippen molar-refractivity contribution < 1.29 is 24.0 Å². The Balaban J connectivity index is 1.51. The van der Waals surface area contributed by atoms with Crippen LogP contribution in [0.25, 0.3) is 10.9 Å². The molecule has 230 valence electrons. The number of nitrogens with zero attached hydrogens (tertiary/aromatic N) is 2. The SMILES string of the molecule is COc1ccc(CCN(C(=O)Cc2c[nH]c3ccccc23)C(C(=O)CC2CCCCC2)c2ccc([N+](=O)[O-])cc2)cc1OC. The maximum atomic E-state index is 14.3. The van der Waals surface area contributed by atoms with Gasteiger partial charge in [-0.1, -0.05) is 56.4 Å². The number of para-hydroxylation sites is 1. The third-order valence-electron chi connectivity index (χ3n) is 8.68. The Labute approximate surface area is 257 Å². The normalized spacial score (nSPS) is 14.2. The summed E-state index contributed by atoms with van der Waals surface area (Å²) in [5.41, 5.74) is 3.23. The molecule has 0 saturated heterocycles. The number of ketones is 1. The highest BCUT2D eigenvalue weighted by molar-refractivity contribution is 5.93. The van der Waals surface area contributed by atoms with Crippen molar-refractivity contribution in [2.75, 3.05) is 20.8 Å². The van der Waals surface area contributed by atoms with Gasteiger partial charge in [-0.3, -0.25) is 19.7 Å². The highest BCUT2D eigenvalue weighted by Gasteiger charge is 2.33. The number of non-ortho nitro benzene ring substituents is 1. The number of aromatic nitrogens is 1. The first kappa shape index (κ1) is 30.8. The second kappa shape index (κ2) is 14.2. The fraction of sp³-hybridized carbons (Fsp3) is 0.371. The lowest BCUT2D eigenvalue weighted by atomic mass is 9.83. The summed E-state index contributed by atoms with van der Waals surface area (Å²) in [5.74, 6) is 1.24. The quantitative estimate of drug-likeness (QED) is 0.131. The van der Waals surface area contributed by atoms with Crippen LogP contribution in [-0.4, -0.2) is 47.3 Å². The molecule has 1 fully saturated rings. The van der Waals surface area contributed by atoms with Crippen LogP contribution in [-0.2, 0) is 22.4 Å². The number of methoxy groups -OCH3 is 2. The van der Waals surface area contributed by atoms with Gasteiger partial charge >= 0.3 is 0 Å². The van der Waals surface area contributed by atoms with Crippen molar-refractivity contribution in [3.63, 3.8) is 0 Å². The largest absolute Gasteiger partial charge is 0.493 e. The number of nitro benzene ring substituents is 1. The third kappa shape index (κ3) is 7.10. The number of fused-ring (bicyclic) bond motifs is 1. The predicted molar refractivity (Wildman–Crippen MR) is 169 cm³/mol. The summed E-state index contributed by atoms with van der Waals surface area (Å²) in [6, 6.07) is 18.6. The van der Waals surface area contributed by atoms with Crippen molar-refractivity contribution in [2.45, 2.75) is 57.4 Å². The number of ether oxygens (including phenoxy) is 2. The summed E-state index contributed by atoms with van der Waals surface area (Å²) >= 11 is 0. The summed E-state index contributed by atoms with van der Waals surface area (Å²) in [5, 5.41) is 12.4. The average molecular weight is 598 g/mol. The molecule has 1 saturated carbocycles. The minimum atomic E-state index is -0.865. The number of hydrogen-bond donors (Lipinski definition) is 1. The molecule has 4 aromatic rings. The van der Waals surface area contributed by atoms with Gasteiger partial charge in [0, 0.05) is 42.2 Å². The molecule has 1 aliphatic carbocycles. The van der Waals surface area contributed by atoms with E-state index in [1.54, 1.807) is 31.3 Å². The van der Waals surface area contributed by atoms with E-state index in [9.17, 15) is 19.7 Å². The van der Waals surface area contributed by atoms with Gasteiger partial charge in [0.15, 0.2) is 17.3 Å². The van der Waals surface area contributed by atoms with Crippen molar-refractivity contribution in [3.05, 3.63) is 99.7 Å². The molecule has 0 spiro atoms. The van der Waals surface area contributed by atoms with Crippen molar-refractivity contribution >= 4 is 28.3 Å². The number of hydrogen-bond acceptors (Lipinski definition) is 6. The Morgan fingerprint density at radius 1 is 0.977 bits per heavy atom. The van der Waals surface area contributed by atoms with Crippen LogP contribution in [0, 0.1) is 16.0 Å². The van der Waals surface area contributed by atoms with E-state index in [4.69, 9.17) is 9.47 Å². The fourth-order valence-electron chi connectivity index (χ4n) is 6.33. The molecule has 1 amide bonds. The summed E-state index contributed by atoms with van der Waals surface area (Å²) in [7, 11) is 3.16. The molecule has 5 rings (SSSR count). The van der Waals surface area contributed by atoms with Crippen LogP contribution in [0.15, 0.2) is 72.9 Å². The summed E-state index contributed by atoms with van der Waals surface area (Å²) in [4.78, 5) is 44.4. The number of rotatable bonds is 13.